The highest BCUT2D eigenvalue weighted by Gasteiger charge is 2.18. The van der Waals surface area contributed by atoms with Gasteiger partial charge in [-0.15, -0.1) is 22.7 Å². The van der Waals surface area contributed by atoms with E-state index in [1.54, 1.807) is 12.1 Å². The number of benzene rings is 4. The number of anilines is 1. The van der Waals surface area contributed by atoms with Gasteiger partial charge in [0.25, 0.3) is 0 Å². The van der Waals surface area contributed by atoms with Crippen LogP contribution >= 0.6 is 22.7 Å². The van der Waals surface area contributed by atoms with Gasteiger partial charge in [0.15, 0.2) is 0 Å². The Balaban J connectivity index is 0.000000174. The number of halogens is 1. The molecular weight excluding hydrogens is 858 g/mol. The second-order valence-corrected chi connectivity index (χ2v) is 17.0. The molecule has 0 unspecified atom stereocenters. The van der Waals surface area contributed by atoms with Crippen molar-refractivity contribution in [2.45, 2.75) is 59.5 Å². The Morgan fingerprint density at radius 1 is 0.688 bits per heavy atom. The Hall–Kier alpha value is -6.51. The first kappa shape index (κ1) is 48.5. The van der Waals surface area contributed by atoms with Gasteiger partial charge >= 0.3 is 23.6 Å². The molecule has 0 atom stereocenters. The van der Waals surface area contributed by atoms with Crippen molar-refractivity contribution in [1.82, 2.24) is 20.2 Å². The Bertz CT molecular complexity index is 2890. The number of thiazole rings is 2. The molecule has 8 aromatic rings. The quantitative estimate of drug-likeness (QED) is 0.157. The fourth-order valence-corrected chi connectivity index (χ4v) is 8.67. The van der Waals surface area contributed by atoms with Gasteiger partial charge in [-0.05, 0) is 121 Å². The van der Waals surface area contributed by atoms with Gasteiger partial charge in [-0.2, -0.15) is 19.2 Å². The average molecular weight is 906 g/mol. The van der Waals surface area contributed by atoms with E-state index >= 15 is 0 Å². The number of hydrogen-bond donors (Lipinski definition) is 1. The highest BCUT2D eigenvalue weighted by Crippen LogP contribution is 2.32. The molecule has 6 heterocycles. The van der Waals surface area contributed by atoms with Crippen LogP contribution < -0.4 is 21.5 Å². The minimum absolute atomic E-state index is 0.241. The van der Waals surface area contributed by atoms with E-state index in [1.165, 1.54) is 60.7 Å². The topological polar surface area (TPSA) is 173 Å². The monoisotopic (exact) mass is 905 g/mol. The van der Waals surface area contributed by atoms with Crippen LogP contribution in [0.5, 0.6) is 0 Å². The normalized spacial score (nSPS) is 12.5. The molecule has 0 aliphatic carbocycles. The van der Waals surface area contributed by atoms with Gasteiger partial charge in [-0.25, -0.2) is 23.9 Å². The van der Waals surface area contributed by atoms with Gasteiger partial charge in [-0.3, -0.25) is 4.90 Å². The summed E-state index contributed by atoms with van der Waals surface area (Å²) in [6, 6.07) is 30.7. The summed E-state index contributed by atoms with van der Waals surface area (Å²) < 4.78 is 26.0. The average Bonchev–Trinajstić information content (AvgIpc) is 3.85. The van der Waals surface area contributed by atoms with Crippen molar-refractivity contribution >= 4 is 83.0 Å². The first-order valence-electron chi connectivity index (χ1n) is 20.6. The van der Waals surface area contributed by atoms with Crippen molar-refractivity contribution in [3.8, 4) is 21.1 Å². The first-order valence-corrected chi connectivity index (χ1v) is 22.3. The van der Waals surface area contributed by atoms with Crippen LogP contribution in [-0.4, -0.2) is 72.0 Å². The molecule has 332 valence electrons. The summed E-state index contributed by atoms with van der Waals surface area (Å²) in [5, 5.41) is 6.02. The predicted octanol–water partition coefficient (Wildman–Crippen LogP) is 9.43. The number of rotatable bonds is 6. The molecule has 0 saturated carbocycles. The van der Waals surface area contributed by atoms with Crippen molar-refractivity contribution in [1.29, 1.82) is 0 Å². The second kappa shape index (κ2) is 23.8. The van der Waals surface area contributed by atoms with Gasteiger partial charge in [0.2, 0.25) is 0 Å². The van der Waals surface area contributed by atoms with E-state index in [2.05, 4.69) is 65.8 Å². The maximum atomic E-state index is 13.2. The van der Waals surface area contributed by atoms with E-state index < -0.39 is 11.4 Å². The lowest BCUT2D eigenvalue weighted by Gasteiger charge is -2.33. The number of nitrogens with one attached hydrogen (secondary N) is 1. The molecule has 64 heavy (non-hydrogen) atoms. The van der Waals surface area contributed by atoms with Gasteiger partial charge in [0, 0.05) is 53.8 Å². The first-order chi connectivity index (χ1) is 30.9. The lowest BCUT2D eigenvalue weighted by Crippen LogP contribution is -2.36. The molecule has 10 rings (SSSR count). The molecule has 16 heteroatoms. The smallest absolute Gasteiger partial charge is 0.373 e. The maximum absolute atomic E-state index is 13.2. The zero-order chi connectivity index (χ0) is 46.2. The molecule has 0 bridgehead atoms. The Morgan fingerprint density at radius 2 is 1.12 bits per heavy atom. The van der Waals surface area contributed by atoms with Crippen molar-refractivity contribution < 1.29 is 32.4 Å². The number of para-hydroxylation sites is 2. The van der Waals surface area contributed by atoms with Crippen LogP contribution in [0.1, 0.15) is 47.5 Å². The van der Waals surface area contributed by atoms with E-state index in [4.69, 9.17) is 28.0 Å². The molecule has 0 spiro atoms. The van der Waals surface area contributed by atoms with Gasteiger partial charge in [0.05, 0.1) is 31.6 Å². The molecular formula is C48H48FN5O8S2. The van der Waals surface area contributed by atoms with Crippen LogP contribution in [0.2, 0.25) is 0 Å². The van der Waals surface area contributed by atoms with Crippen molar-refractivity contribution in [3.63, 3.8) is 0 Å². The van der Waals surface area contributed by atoms with Crippen LogP contribution in [-0.2, 0) is 19.2 Å². The summed E-state index contributed by atoms with van der Waals surface area (Å²) >= 11 is 2.95. The SMILES string of the molecule is C1CNC1.CCN(C(C)C)C(C)C.O=C=O.O=C=O.O=c1oc2cc(F)ccc2cc1-c1nc2ccccc2s1.O=c1oc2cc(N3CCC3)ccc2cc1-c1nc2ccccc2s1. The van der Waals surface area contributed by atoms with Crippen molar-refractivity contribution in [3.05, 3.63) is 124 Å². The lowest BCUT2D eigenvalue weighted by atomic mass is 10.1. The molecule has 2 saturated heterocycles. The third-order valence-corrected chi connectivity index (χ3v) is 12.2. The standard InChI is InChI=1S/C19H14N2O2S.C16H8FNO2S.C8H19N.C3H7N.2CO2/c22-19-14(18-20-15-4-1-2-5-17(15)24-18)10-12-6-7-13(11-16(12)23-19)21-8-3-9-21;17-10-6-5-9-7-11(16(19)20-13(9)8-10)15-18-12-3-1-2-4-14(12)21-15;1-6-9(7(2)3)8(4)5;1-2-4-3-1;2*2-1-3/h1-2,4-7,10-11H,3,8-9H2;1-8H;7-8H,6H2,1-5H3;4H,1-3H2;;. The molecule has 0 amide bonds. The molecule has 4 aromatic heterocycles. The van der Waals surface area contributed by atoms with Crippen LogP contribution in [0.4, 0.5) is 10.1 Å². The van der Waals surface area contributed by atoms with Crippen LogP contribution in [0.25, 0.3) is 63.5 Å². The molecule has 4 aromatic carbocycles. The largest absolute Gasteiger partial charge is 0.422 e. The zero-order valence-corrected chi connectivity index (χ0v) is 37.7. The van der Waals surface area contributed by atoms with Crippen molar-refractivity contribution in [2.75, 3.05) is 37.6 Å². The van der Waals surface area contributed by atoms with Crippen LogP contribution in [0.15, 0.2) is 115 Å². The fraction of sp³-hybridized carbons (Fsp3) is 0.292. The fourth-order valence-electron chi connectivity index (χ4n) is 6.73. The molecule has 2 fully saturated rings. The molecule has 13 nitrogen and oxygen atoms in total. The molecule has 1 N–H and O–H groups in total. The number of nitrogens with zero attached hydrogens (tertiary/aromatic N) is 4. The maximum Gasteiger partial charge on any atom is 0.373 e. The van der Waals surface area contributed by atoms with E-state index in [9.17, 15) is 14.0 Å². The summed E-state index contributed by atoms with van der Waals surface area (Å²) in [4.78, 5) is 70.8. The highest BCUT2D eigenvalue weighted by atomic mass is 32.1. The van der Waals surface area contributed by atoms with E-state index in [-0.39, 0.29) is 23.5 Å². The Kier molecular flexibility index (Phi) is 18.0. The number of aromatic nitrogens is 2. The zero-order valence-electron chi connectivity index (χ0n) is 36.1. The van der Waals surface area contributed by atoms with Gasteiger partial charge in [0.1, 0.15) is 27.0 Å². The van der Waals surface area contributed by atoms with Crippen molar-refractivity contribution in [2.24, 2.45) is 0 Å². The number of fused-ring (bicyclic) bond motifs is 4. The summed E-state index contributed by atoms with van der Waals surface area (Å²) in [7, 11) is 0. The minimum atomic E-state index is -0.507. The Labute approximate surface area is 376 Å². The second-order valence-electron chi connectivity index (χ2n) is 14.9. The van der Waals surface area contributed by atoms with Crippen LogP contribution in [0, 0.1) is 5.82 Å². The molecule has 2 aliphatic heterocycles. The molecule has 0 radical (unpaired) electrons. The summed E-state index contributed by atoms with van der Waals surface area (Å²) in [6.45, 7) is 17.0. The summed E-state index contributed by atoms with van der Waals surface area (Å²) in [6.07, 6.45) is 3.11. The highest BCUT2D eigenvalue weighted by molar-refractivity contribution is 7.22. The number of hydrogen-bond acceptors (Lipinski definition) is 15. The third kappa shape index (κ3) is 12.8. The van der Waals surface area contributed by atoms with Gasteiger partial charge < -0.3 is 19.1 Å². The van der Waals surface area contributed by atoms with Crippen LogP contribution in [0.3, 0.4) is 0 Å². The summed E-state index contributed by atoms with van der Waals surface area (Å²) in [5.74, 6) is -0.432. The third-order valence-electron chi connectivity index (χ3n) is 10.1. The number of carbonyl (C=O) groups excluding carboxylic acids is 4. The van der Waals surface area contributed by atoms with E-state index in [0.717, 1.165) is 51.1 Å². The summed E-state index contributed by atoms with van der Waals surface area (Å²) in [5.41, 5.74) is 3.83. The Morgan fingerprint density at radius 3 is 1.50 bits per heavy atom. The van der Waals surface area contributed by atoms with E-state index in [0.29, 0.717) is 44.2 Å². The predicted molar refractivity (Wildman–Crippen MR) is 249 cm³/mol. The lowest BCUT2D eigenvalue weighted by molar-refractivity contribution is -0.193. The molecule has 2 aliphatic rings. The van der Waals surface area contributed by atoms with E-state index in [1.807, 2.05) is 66.7 Å². The minimum Gasteiger partial charge on any atom is -0.422 e. The van der Waals surface area contributed by atoms with Gasteiger partial charge in [-0.1, -0.05) is 31.2 Å².